The van der Waals surface area contributed by atoms with Crippen molar-refractivity contribution >= 4 is 40.5 Å². The summed E-state index contributed by atoms with van der Waals surface area (Å²) in [7, 11) is 3.11. The smallest absolute Gasteiger partial charge is 0.327 e. The number of methoxy groups -OCH3 is 1. The first-order valence-electron chi connectivity index (χ1n) is 23.0. The van der Waals surface area contributed by atoms with Gasteiger partial charge in [-0.2, -0.15) is 8.78 Å². The second-order valence-electron chi connectivity index (χ2n) is 19.6. The van der Waals surface area contributed by atoms with Gasteiger partial charge in [-0.3, -0.25) is 33.7 Å². The third kappa shape index (κ3) is 10.0. The average molecular weight is 924 g/mol. The van der Waals surface area contributed by atoms with Gasteiger partial charge in [-0.05, 0) is 98.0 Å². The van der Waals surface area contributed by atoms with Gasteiger partial charge in [0.2, 0.25) is 17.7 Å². The predicted molar refractivity (Wildman–Crippen MR) is 250 cm³/mol. The Morgan fingerprint density at radius 3 is 2.49 bits per heavy atom. The van der Waals surface area contributed by atoms with Gasteiger partial charge in [-0.15, -0.1) is 0 Å². The number of aromatic nitrogens is 2. The number of esters is 1. The Bertz CT molecular complexity index is 2560. The molecule has 2 N–H and O–H groups in total. The van der Waals surface area contributed by atoms with Crippen molar-refractivity contribution in [3.8, 4) is 22.4 Å². The number of nitrogens with zero attached hydrogens (tertiary/aromatic N) is 5. The van der Waals surface area contributed by atoms with E-state index in [0.29, 0.717) is 64.8 Å². The Morgan fingerprint density at radius 1 is 1.04 bits per heavy atom. The lowest BCUT2D eigenvalue weighted by molar-refractivity contribution is -0.162. The van der Waals surface area contributed by atoms with Crippen LogP contribution in [0.1, 0.15) is 90.3 Å². The van der Waals surface area contributed by atoms with Crippen molar-refractivity contribution in [2.24, 2.45) is 17.3 Å². The van der Waals surface area contributed by atoms with E-state index in [2.05, 4.69) is 22.3 Å². The summed E-state index contributed by atoms with van der Waals surface area (Å²) in [4.78, 5) is 77.3. The molecular formula is C51H63F2N7O7. The number of rotatable bonds is 10. The van der Waals surface area contributed by atoms with E-state index < -0.39 is 59.4 Å². The van der Waals surface area contributed by atoms with Crippen LogP contribution in [-0.4, -0.2) is 112 Å². The number of hydrazine groups is 1. The number of benzene rings is 2. The molecule has 2 aromatic carbocycles. The Morgan fingerprint density at radius 2 is 1.79 bits per heavy atom. The number of hydrogen-bond acceptors (Lipinski definition) is 9. The number of halogens is 2. The molecular weight excluding hydrogens is 861 g/mol. The molecule has 14 nitrogen and oxygen atoms in total. The second kappa shape index (κ2) is 19.7. The molecule has 5 heterocycles. The molecule has 67 heavy (non-hydrogen) atoms. The highest BCUT2D eigenvalue weighted by Gasteiger charge is 2.44. The summed E-state index contributed by atoms with van der Waals surface area (Å²) in [5.41, 5.74) is 5.48. The average Bonchev–Trinajstić information content (AvgIpc) is 3.92. The summed E-state index contributed by atoms with van der Waals surface area (Å²) in [6, 6.07) is 14.3. The van der Waals surface area contributed by atoms with E-state index in [9.17, 15) is 24.0 Å². The van der Waals surface area contributed by atoms with Crippen molar-refractivity contribution in [3.63, 3.8) is 0 Å². The predicted octanol–water partition coefficient (Wildman–Crippen LogP) is 7.03. The maximum absolute atomic E-state index is 15.6. The number of ether oxygens (including phenoxy) is 2. The normalized spacial score (nSPS) is 22.0. The minimum absolute atomic E-state index is 0.0382. The molecule has 2 saturated heterocycles. The lowest BCUT2D eigenvalue weighted by Crippen LogP contribution is -2.66. The molecule has 2 fully saturated rings. The summed E-state index contributed by atoms with van der Waals surface area (Å²) in [6.45, 7) is 12.4. The number of likely N-dealkylation sites (tertiary alicyclic amines) is 1. The monoisotopic (exact) mass is 923 g/mol. The molecule has 0 aliphatic carbocycles. The van der Waals surface area contributed by atoms with Crippen molar-refractivity contribution in [1.29, 1.82) is 0 Å². The largest absolute Gasteiger partial charge is 0.464 e. The number of hydrogen-bond donors (Lipinski definition) is 2. The van der Waals surface area contributed by atoms with Gasteiger partial charge in [0.1, 0.15) is 17.6 Å². The van der Waals surface area contributed by atoms with Crippen LogP contribution in [0.5, 0.6) is 0 Å². The summed E-state index contributed by atoms with van der Waals surface area (Å²) < 4.78 is 43.9. The summed E-state index contributed by atoms with van der Waals surface area (Å²) in [5.74, 6) is -3.01. The highest BCUT2D eigenvalue weighted by atomic mass is 19.3. The Balaban J connectivity index is 1.32. The van der Waals surface area contributed by atoms with Crippen LogP contribution in [0.15, 0.2) is 73.4 Å². The molecule has 3 aliphatic heterocycles. The fourth-order valence-electron chi connectivity index (χ4n) is 9.95. The van der Waals surface area contributed by atoms with E-state index in [1.807, 2.05) is 65.0 Å². The standard InChI is InChI=1S/C51H63F2N7O7/c1-10-41(61)58-23-19-35(28-58)46(63)57(8)43(30(2)3)45(62)55-39-25-32-14-11-15-33(24-32)34-17-18-40-37(26-34)38(44(60(40)49(52)53)36-16-12-21-54-42(36)31(4)66-9)27-50(5,6)29-67-48(65)51(7)20-13-22-59(56-51)47(39)64/h10-12,14-18,21,24,26,30-31,35,39,43,49,56H,1,13,19-20,22-23,25,27-29H2,2-9H3,(H,55,62)/t31-,35?,39-,43-,51+/m0/s1. The zero-order chi connectivity index (χ0) is 48.5. The Hall–Kier alpha value is -6.00. The van der Waals surface area contributed by atoms with E-state index in [4.69, 9.17) is 9.47 Å². The van der Waals surface area contributed by atoms with E-state index >= 15 is 8.78 Å². The van der Waals surface area contributed by atoms with Gasteiger partial charge >= 0.3 is 12.5 Å². The minimum atomic E-state index is -2.92. The molecule has 5 atom stereocenters. The Labute approximate surface area is 391 Å². The Kier molecular flexibility index (Phi) is 14.4. The minimum Gasteiger partial charge on any atom is -0.464 e. The number of cyclic esters (lactones) is 1. The number of amides is 4. The second-order valence-corrected chi connectivity index (χ2v) is 19.6. The molecule has 3 aliphatic rings. The van der Waals surface area contributed by atoms with Crippen LogP contribution in [0.2, 0.25) is 0 Å². The van der Waals surface area contributed by atoms with Gasteiger partial charge in [-0.1, -0.05) is 64.6 Å². The quantitative estimate of drug-likeness (QED) is 0.126. The zero-order valence-corrected chi connectivity index (χ0v) is 39.7. The lowest BCUT2D eigenvalue weighted by atomic mass is 9.84. The lowest BCUT2D eigenvalue weighted by Gasteiger charge is -2.41. The van der Waals surface area contributed by atoms with Gasteiger partial charge in [0.25, 0.3) is 5.91 Å². The van der Waals surface area contributed by atoms with Crippen molar-refractivity contribution in [1.82, 2.24) is 35.1 Å². The van der Waals surface area contributed by atoms with Crippen LogP contribution >= 0.6 is 0 Å². The molecule has 6 bridgehead atoms. The molecule has 1 unspecified atom stereocenters. The van der Waals surface area contributed by atoms with Crippen LogP contribution in [0, 0.1) is 17.3 Å². The molecule has 4 aromatic rings. The highest BCUT2D eigenvalue weighted by molar-refractivity contribution is 5.96. The van der Waals surface area contributed by atoms with Crippen LogP contribution in [-0.2, 0) is 46.3 Å². The number of pyridine rings is 1. The third-order valence-corrected chi connectivity index (χ3v) is 13.5. The highest BCUT2D eigenvalue weighted by Crippen LogP contribution is 2.44. The first kappa shape index (κ1) is 48.9. The zero-order valence-electron chi connectivity index (χ0n) is 39.7. The van der Waals surface area contributed by atoms with Crippen molar-refractivity contribution in [2.75, 3.05) is 40.4 Å². The maximum Gasteiger partial charge on any atom is 0.327 e. The molecule has 4 amide bonds. The fourth-order valence-corrected chi connectivity index (χ4v) is 9.95. The van der Waals surface area contributed by atoms with E-state index in [0.717, 1.165) is 15.7 Å². The van der Waals surface area contributed by atoms with E-state index in [1.54, 1.807) is 56.4 Å². The number of carbonyl (C=O) groups is 5. The maximum atomic E-state index is 15.6. The number of alkyl halides is 2. The van der Waals surface area contributed by atoms with Gasteiger partial charge in [0.15, 0.2) is 0 Å². The molecule has 7 rings (SSSR count). The molecule has 0 saturated carbocycles. The number of nitrogens with one attached hydrogen (secondary N) is 2. The molecule has 2 aromatic heterocycles. The van der Waals surface area contributed by atoms with Crippen molar-refractivity contribution in [3.05, 3.63) is 90.3 Å². The van der Waals surface area contributed by atoms with Gasteiger partial charge in [-0.25, -0.2) is 10.2 Å². The summed E-state index contributed by atoms with van der Waals surface area (Å²) in [5, 5.41) is 4.97. The van der Waals surface area contributed by atoms with Crippen molar-refractivity contribution < 1.29 is 42.2 Å². The first-order chi connectivity index (χ1) is 31.8. The summed E-state index contributed by atoms with van der Waals surface area (Å²) in [6.07, 6.45) is 3.84. The van der Waals surface area contributed by atoms with E-state index in [-0.39, 0.29) is 50.3 Å². The van der Waals surface area contributed by atoms with Crippen molar-refractivity contribution in [2.45, 2.75) is 104 Å². The van der Waals surface area contributed by atoms with Crippen LogP contribution in [0.4, 0.5) is 8.78 Å². The molecule has 0 spiro atoms. The van der Waals surface area contributed by atoms with Crippen LogP contribution in [0.25, 0.3) is 33.3 Å². The van der Waals surface area contributed by atoms with Gasteiger partial charge in [0.05, 0.1) is 35.5 Å². The molecule has 0 radical (unpaired) electrons. The third-order valence-electron chi connectivity index (χ3n) is 13.5. The number of carbonyl (C=O) groups excluding carboxylic acids is 5. The van der Waals surface area contributed by atoms with Gasteiger partial charge in [0, 0.05) is 62.8 Å². The first-order valence-corrected chi connectivity index (χ1v) is 23.0. The summed E-state index contributed by atoms with van der Waals surface area (Å²) >= 11 is 0. The fraction of sp³-hybridized carbons (Fsp3) is 0.490. The van der Waals surface area contributed by atoms with Crippen LogP contribution in [0.3, 0.4) is 0 Å². The number of likely N-dealkylation sites (N-methyl/N-ethyl adjacent to an activating group) is 1. The molecule has 16 heteroatoms. The number of fused-ring (bicyclic) bond motifs is 6. The molecule has 358 valence electrons. The topological polar surface area (TPSA) is 155 Å². The van der Waals surface area contributed by atoms with E-state index in [1.165, 1.54) is 16.0 Å². The SMILES string of the molecule is C=CC(=O)N1CCC(C(=O)N(C)[C@H](C(=O)N[C@H]2Cc3cccc(c3)-c3ccc4c(c3)c(c(-c3cccnc3[C@H](C)OC)n4C(F)F)CC(C)(C)COC(=O)[C@@]3(C)CCCN(N3)C2=O)C(C)C)C1. The van der Waals surface area contributed by atoms with Crippen LogP contribution < -0.4 is 10.7 Å². The van der Waals surface area contributed by atoms with Gasteiger partial charge < -0.3 is 24.6 Å².